The molecular weight excluding hydrogens is 958 g/mol. The van der Waals surface area contributed by atoms with Gasteiger partial charge in [0.1, 0.15) is 36.4 Å². The summed E-state index contributed by atoms with van der Waals surface area (Å²) >= 11 is 1.77. The lowest BCUT2D eigenvalue weighted by Gasteiger charge is -2.27. The molecule has 0 spiro atoms. The maximum atomic E-state index is 14.5. The molecule has 6 amide bonds. The van der Waals surface area contributed by atoms with Gasteiger partial charge in [-0.25, -0.2) is 19.7 Å². The normalized spacial score (nSPS) is 22.5. The van der Waals surface area contributed by atoms with Gasteiger partial charge in [0, 0.05) is 50.9 Å². The summed E-state index contributed by atoms with van der Waals surface area (Å²) in [6, 6.07) is 12.4. The summed E-state index contributed by atoms with van der Waals surface area (Å²) in [5.74, 6) is -0.0906. The fourth-order valence-electron chi connectivity index (χ4n) is 8.48. The van der Waals surface area contributed by atoms with E-state index in [0.717, 1.165) is 11.3 Å². The van der Waals surface area contributed by atoms with Crippen LogP contribution in [0.3, 0.4) is 0 Å². The molecule has 3 aliphatic heterocycles. The van der Waals surface area contributed by atoms with Crippen molar-refractivity contribution in [1.29, 1.82) is 0 Å². The number of aliphatic hydroxyl groups is 1. The van der Waals surface area contributed by atoms with Crippen molar-refractivity contribution >= 4 is 67.0 Å². The number of carbonyl (C=O) groups is 5. The quantitative estimate of drug-likeness (QED) is 0.0157. The summed E-state index contributed by atoms with van der Waals surface area (Å²) in [7, 11) is 2.26. The zero-order valence-electron chi connectivity index (χ0n) is 39.4. The number of hydrogen-bond acceptors (Lipinski definition) is 16. The van der Waals surface area contributed by atoms with Crippen LogP contribution in [0.15, 0.2) is 91.6 Å². The highest BCUT2D eigenvalue weighted by atomic mass is 32.2. The number of hydrogen-bond donors (Lipinski definition) is 9. The Balaban J connectivity index is 0.989. The Kier molecular flexibility index (Phi) is 18.7. The van der Waals surface area contributed by atoms with E-state index in [4.69, 9.17) is 14.0 Å². The Bertz CT molecular complexity index is 2520. The molecule has 0 bridgehead atoms. The summed E-state index contributed by atoms with van der Waals surface area (Å²) in [6.07, 6.45) is 7.99. The van der Waals surface area contributed by atoms with Crippen molar-refractivity contribution < 1.29 is 52.9 Å². The van der Waals surface area contributed by atoms with E-state index < -0.39 is 69.5 Å². The number of ether oxygens (including phenoxy) is 2. The zero-order valence-corrected chi connectivity index (χ0v) is 41.1. The fraction of sp³-hybridized carbons (Fsp3) is 0.447. The van der Waals surface area contributed by atoms with Gasteiger partial charge in [0.05, 0.1) is 38.2 Å². The molecule has 3 fully saturated rings. The number of imidazole rings is 1. The lowest BCUT2D eigenvalue weighted by Crippen LogP contribution is -2.58. The number of fused-ring (bicyclic) bond motifs is 2. The molecule has 2 aromatic carbocycles. The van der Waals surface area contributed by atoms with Crippen LogP contribution in [-0.4, -0.2) is 152 Å². The van der Waals surface area contributed by atoms with Crippen LogP contribution in [0.5, 0.6) is 5.75 Å². The van der Waals surface area contributed by atoms with E-state index in [1.807, 2.05) is 24.3 Å². The molecule has 4 aromatic rings. The van der Waals surface area contributed by atoms with Crippen molar-refractivity contribution in [2.24, 2.45) is 0 Å². The lowest BCUT2D eigenvalue weighted by molar-refractivity contribution is -0.132. The summed E-state index contributed by atoms with van der Waals surface area (Å²) in [5, 5.41) is 29.2. The number of carbonyl (C=O) groups excluding carboxylic acids is 5. The minimum absolute atomic E-state index is 0.0246. The molecule has 9 N–H and O–H groups in total. The van der Waals surface area contributed by atoms with Crippen LogP contribution in [0.1, 0.15) is 43.0 Å². The zero-order chi connectivity index (χ0) is 50.4. The number of rotatable bonds is 24. The number of aliphatic hydroxyl groups excluding tert-OH is 1. The van der Waals surface area contributed by atoms with Gasteiger partial charge in [-0.3, -0.25) is 23.7 Å². The highest BCUT2D eigenvalue weighted by Gasteiger charge is 2.47. The average molecular weight is 1020 g/mol. The molecule has 71 heavy (non-hydrogen) atoms. The van der Waals surface area contributed by atoms with Crippen LogP contribution >= 0.6 is 20.4 Å². The first kappa shape index (κ1) is 52.6. The van der Waals surface area contributed by atoms with Crippen molar-refractivity contribution in [1.82, 2.24) is 51.4 Å². The van der Waals surface area contributed by atoms with E-state index in [1.54, 1.807) is 73.2 Å². The van der Waals surface area contributed by atoms with E-state index in [2.05, 4.69) is 52.9 Å². The van der Waals surface area contributed by atoms with Gasteiger partial charge >= 0.3 is 14.6 Å². The second kappa shape index (κ2) is 25.3. The van der Waals surface area contributed by atoms with Gasteiger partial charge in [-0.1, -0.05) is 60.7 Å². The van der Waals surface area contributed by atoms with E-state index in [9.17, 15) is 38.9 Å². The smallest absolute Gasteiger partial charge is 0.327 e. The number of anilines is 1. The summed E-state index contributed by atoms with van der Waals surface area (Å²) in [6.45, 7) is -0.0352. The summed E-state index contributed by atoms with van der Waals surface area (Å²) in [5.41, 5.74) is 2.14. The molecule has 3 saturated heterocycles. The van der Waals surface area contributed by atoms with Gasteiger partial charge in [0.2, 0.25) is 23.6 Å². The molecule has 2 aromatic heterocycles. The third-order valence-electron chi connectivity index (χ3n) is 12.1. The monoisotopic (exact) mass is 1020 g/mol. The second-order valence-electron chi connectivity index (χ2n) is 17.3. The van der Waals surface area contributed by atoms with E-state index >= 15 is 0 Å². The van der Waals surface area contributed by atoms with Crippen LogP contribution in [0, 0.1) is 0 Å². The number of allylic oxidation sites excluding steroid dienone is 2. The predicted octanol–water partition coefficient (Wildman–Crippen LogP) is 1.28. The Hall–Kier alpha value is -6.20. The minimum Gasteiger partial charge on any atom is -0.497 e. The number of methoxy groups -OCH3 is 1. The van der Waals surface area contributed by atoms with Crippen molar-refractivity contribution in [3.05, 3.63) is 103 Å². The van der Waals surface area contributed by atoms with Gasteiger partial charge in [-0.05, 0) is 48.6 Å². The largest absolute Gasteiger partial charge is 0.497 e. The third-order valence-corrected chi connectivity index (χ3v) is 13.9. The molecule has 0 saturated carbocycles. The van der Waals surface area contributed by atoms with Crippen molar-refractivity contribution in [3.8, 4) is 5.75 Å². The molecule has 22 nitrogen and oxygen atoms in total. The minimum atomic E-state index is -2.84. The first-order chi connectivity index (χ1) is 34.3. The number of thioether (sulfide) groups is 1. The van der Waals surface area contributed by atoms with Gasteiger partial charge in [-0.2, -0.15) is 0 Å². The number of urea groups is 1. The second-order valence-corrected chi connectivity index (χ2v) is 19.3. The van der Waals surface area contributed by atoms with Crippen LogP contribution in [0.2, 0.25) is 0 Å². The highest BCUT2D eigenvalue weighted by Crippen LogP contribution is 2.35. The number of amides is 6. The molecule has 9 atom stereocenters. The van der Waals surface area contributed by atoms with E-state index in [-0.39, 0.29) is 42.1 Å². The molecule has 3 aliphatic rings. The fourth-order valence-corrected chi connectivity index (χ4v) is 10.2. The first-order valence-corrected chi connectivity index (χ1v) is 25.3. The SMILES string of the molecule is COc1ccc(C[C@H](NC(=O)[C@H](Cc2ccccc2)NC(=O)/C=C/CCCNC(=O)CC/C=C/[C@@H]2SC[C@@H]3NC(=O)N[C@@H]32)C(=O)N[C@H]2[C@@H](O)[C@H](n3cnc4c(N(C)C)ncnc43)O[C@@H]2COP(O)O)cc1. The van der Waals surface area contributed by atoms with Gasteiger partial charge in [0.25, 0.3) is 0 Å². The van der Waals surface area contributed by atoms with Crippen molar-refractivity contribution in [2.75, 3.05) is 45.0 Å². The molecule has 7 rings (SSSR count). The van der Waals surface area contributed by atoms with Gasteiger partial charge < -0.3 is 65.7 Å². The van der Waals surface area contributed by atoms with Crippen LogP contribution in [0.25, 0.3) is 11.2 Å². The lowest BCUT2D eigenvalue weighted by atomic mass is 10.0. The molecule has 0 aliphatic carbocycles. The number of aromatic nitrogens is 4. The first-order valence-electron chi connectivity index (χ1n) is 23.1. The van der Waals surface area contributed by atoms with E-state index in [1.165, 1.54) is 30.4 Å². The number of nitrogens with one attached hydrogen (secondary N) is 6. The Morgan fingerprint density at radius 3 is 2.45 bits per heavy atom. The van der Waals surface area contributed by atoms with Crippen LogP contribution < -0.4 is 41.5 Å². The number of unbranched alkanes of at least 4 members (excludes halogenated alkanes) is 1. The molecule has 0 unspecified atom stereocenters. The molecule has 24 heteroatoms. The van der Waals surface area contributed by atoms with Crippen molar-refractivity contribution in [2.45, 2.75) is 92.4 Å². The molecule has 380 valence electrons. The third kappa shape index (κ3) is 14.2. The number of nitrogens with zero attached hydrogens (tertiary/aromatic N) is 5. The average Bonchev–Trinajstić information content (AvgIpc) is 4.13. The molecule has 0 radical (unpaired) electrons. The maximum absolute atomic E-state index is 14.5. The topological polar surface area (TPSA) is 293 Å². The van der Waals surface area contributed by atoms with E-state index in [0.29, 0.717) is 60.5 Å². The Morgan fingerprint density at radius 2 is 1.72 bits per heavy atom. The van der Waals surface area contributed by atoms with Gasteiger partial charge in [-0.15, -0.1) is 11.8 Å². The molecular formula is C47H60N11O11PS. The highest BCUT2D eigenvalue weighted by molar-refractivity contribution is 8.00. The summed E-state index contributed by atoms with van der Waals surface area (Å²) < 4.78 is 18.1. The van der Waals surface area contributed by atoms with Gasteiger partial charge in [0.15, 0.2) is 23.2 Å². The summed E-state index contributed by atoms with van der Waals surface area (Å²) in [4.78, 5) is 100. The van der Waals surface area contributed by atoms with Crippen molar-refractivity contribution in [3.63, 3.8) is 0 Å². The standard InChI is InChI=1S/C47H60N11O11PS/c1-57(2)42-40-43(50-26-49-42)58(27-51-40)46-41(61)39(34(69-46)24-68-70(65)66)55-45(63)32(23-29-17-19-30(67-3)20-18-29)53-44(62)31(22-28-12-6-4-7-13-28)52-37(60)16-8-5-11-21-48-36(59)15-10-9-14-35-38-33(25-71-35)54-47(64)56-38/h4,6-9,12-14,16-20,26-27,31-35,38-39,41,46,61,65-66H,5,10-11,15,21-25H2,1-3H3,(H,48,59)(H,52,60)(H,53,62)(H,55,63)(H2,54,56,64)/b14-9+,16-8+/t31-,32-,33-,34+,35-,38-,39+,41+,46+/m0/s1. The van der Waals surface area contributed by atoms with Crippen LogP contribution in [0.4, 0.5) is 10.6 Å². The predicted molar refractivity (Wildman–Crippen MR) is 265 cm³/mol. The Morgan fingerprint density at radius 1 is 0.972 bits per heavy atom. The van der Waals surface area contributed by atoms with Crippen LogP contribution in [-0.2, 0) is 41.3 Å². The maximum Gasteiger partial charge on any atom is 0.327 e. The number of benzene rings is 2. The molecule has 5 heterocycles. The Labute approximate surface area is 415 Å².